The second kappa shape index (κ2) is 8.71. The van der Waals surface area contributed by atoms with Crippen molar-refractivity contribution in [2.75, 3.05) is 20.2 Å². The molecule has 1 aromatic rings. The summed E-state index contributed by atoms with van der Waals surface area (Å²) in [5, 5.41) is 2.38. The van der Waals surface area contributed by atoms with Gasteiger partial charge in [0.1, 0.15) is 12.3 Å². The average Bonchev–Trinajstić information content (AvgIpc) is 2.64. The Morgan fingerprint density at radius 2 is 1.88 bits per heavy atom. The van der Waals surface area contributed by atoms with E-state index in [0.29, 0.717) is 32.3 Å². The van der Waals surface area contributed by atoms with Crippen LogP contribution in [-0.4, -0.2) is 43.6 Å². The molecule has 1 aliphatic rings. The number of benzene rings is 1. The van der Waals surface area contributed by atoms with Crippen molar-refractivity contribution in [3.05, 3.63) is 47.2 Å². The molecule has 1 N–H and O–H groups in total. The van der Waals surface area contributed by atoms with Crippen LogP contribution in [0.3, 0.4) is 0 Å². The molecule has 1 aliphatic heterocycles. The number of amides is 2. The molecule has 0 spiro atoms. The fraction of sp³-hybridized carbons (Fsp3) is 0.353. The molecule has 0 atom stereocenters. The van der Waals surface area contributed by atoms with Gasteiger partial charge in [0.15, 0.2) is 0 Å². The van der Waals surface area contributed by atoms with Crippen LogP contribution in [0.2, 0.25) is 0 Å². The number of nitrogens with zero attached hydrogens (tertiary/aromatic N) is 1. The van der Waals surface area contributed by atoms with E-state index in [2.05, 4.69) is 10.1 Å². The van der Waals surface area contributed by atoms with Gasteiger partial charge in [-0.25, -0.2) is 9.59 Å². The summed E-state index contributed by atoms with van der Waals surface area (Å²) in [7, 11) is 1.26. The van der Waals surface area contributed by atoms with Gasteiger partial charge in [0, 0.05) is 13.1 Å². The summed E-state index contributed by atoms with van der Waals surface area (Å²) >= 11 is 0. The summed E-state index contributed by atoms with van der Waals surface area (Å²) in [6.45, 7) is 1.06. The molecular weight excluding hydrogens is 312 g/mol. The minimum Gasteiger partial charge on any atom is -0.464 e. The van der Waals surface area contributed by atoms with Crippen molar-refractivity contribution in [3.8, 4) is 0 Å². The largest absolute Gasteiger partial charge is 0.464 e. The predicted octanol–water partition coefficient (Wildman–Crippen LogP) is 1.59. The Bertz CT molecular complexity index is 617. The van der Waals surface area contributed by atoms with Crippen LogP contribution in [-0.2, 0) is 25.7 Å². The molecule has 24 heavy (non-hydrogen) atoms. The van der Waals surface area contributed by atoms with Crippen molar-refractivity contribution in [1.29, 1.82) is 0 Å². The molecule has 7 nitrogen and oxygen atoms in total. The minimum absolute atomic E-state index is 0.157. The highest BCUT2D eigenvalue weighted by Gasteiger charge is 2.24. The van der Waals surface area contributed by atoms with Crippen molar-refractivity contribution in [2.24, 2.45) is 0 Å². The highest BCUT2D eigenvalue weighted by atomic mass is 16.6. The van der Waals surface area contributed by atoms with Gasteiger partial charge >= 0.3 is 12.1 Å². The van der Waals surface area contributed by atoms with E-state index in [-0.39, 0.29) is 18.4 Å². The van der Waals surface area contributed by atoms with Crippen molar-refractivity contribution in [3.63, 3.8) is 0 Å². The van der Waals surface area contributed by atoms with Crippen molar-refractivity contribution in [1.82, 2.24) is 10.2 Å². The summed E-state index contributed by atoms with van der Waals surface area (Å²) in [4.78, 5) is 36.0. The van der Waals surface area contributed by atoms with Gasteiger partial charge in [-0.1, -0.05) is 30.3 Å². The number of carbonyl (C=O) groups excluding carboxylic acids is 3. The number of likely N-dealkylation sites (tertiary alicyclic amines) is 1. The topological polar surface area (TPSA) is 84.9 Å². The third-order valence-corrected chi connectivity index (χ3v) is 3.78. The van der Waals surface area contributed by atoms with Crippen LogP contribution in [0.4, 0.5) is 4.79 Å². The van der Waals surface area contributed by atoms with Gasteiger partial charge in [0.2, 0.25) is 6.41 Å². The molecule has 2 rings (SSSR count). The maximum Gasteiger partial charge on any atom is 0.410 e. The summed E-state index contributed by atoms with van der Waals surface area (Å²) in [6.07, 6.45) is 1.01. The Balaban J connectivity index is 1.90. The molecule has 0 aliphatic carbocycles. The van der Waals surface area contributed by atoms with Crippen LogP contribution in [0.25, 0.3) is 0 Å². The lowest BCUT2D eigenvalue weighted by molar-refractivity contribution is -0.137. The van der Waals surface area contributed by atoms with E-state index in [0.717, 1.165) is 11.1 Å². The maximum absolute atomic E-state index is 12.1. The van der Waals surface area contributed by atoms with E-state index in [1.807, 2.05) is 30.3 Å². The molecule has 2 amide bonds. The Labute approximate surface area is 140 Å². The fourth-order valence-electron chi connectivity index (χ4n) is 2.49. The zero-order chi connectivity index (χ0) is 17.4. The van der Waals surface area contributed by atoms with E-state index < -0.39 is 5.97 Å². The van der Waals surface area contributed by atoms with Gasteiger partial charge < -0.3 is 19.7 Å². The van der Waals surface area contributed by atoms with Crippen LogP contribution in [0.5, 0.6) is 0 Å². The summed E-state index contributed by atoms with van der Waals surface area (Å²) in [5.74, 6) is -0.586. The number of carbonyl (C=O) groups is 3. The van der Waals surface area contributed by atoms with Crippen LogP contribution in [0, 0.1) is 0 Å². The van der Waals surface area contributed by atoms with E-state index >= 15 is 0 Å². The molecular formula is C17H20N2O5. The number of piperidine rings is 1. The monoisotopic (exact) mass is 332 g/mol. The van der Waals surface area contributed by atoms with Crippen molar-refractivity contribution in [2.45, 2.75) is 19.4 Å². The Hall–Kier alpha value is -2.83. The average molecular weight is 332 g/mol. The first-order valence-electron chi connectivity index (χ1n) is 7.62. The number of ether oxygens (including phenoxy) is 2. The van der Waals surface area contributed by atoms with Gasteiger partial charge in [0.25, 0.3) is 0 Å². The zero-order valence-corrected chi connectivity index (χ0v) is 13.5. The van der Waals surface area contributed by atoms with Gasteiger partial charge in [-0.3, -0.25) is 4.79 Å². The van der Waals surface area contributed by atoms with Crippen LogP contribution in [0.15, 0.2) is 41.6 Å². The molecule has 0 radical (unpaired) electrons. The SMILES string of the molecule is COC(=O)C(NC=O)=C1CCN(C(=O)OCc2ccccc2)CC1. The molecule has 1 saturated heterocycles. The number of nitrogens with one attached hydrogen (secondary N) is 1. The molecule has 1 fully saturated rings. The number of methoxy groups -OCH3 is 1. The van der Waals surface area contributed by atoms with Crippen LogP contribution in [0.1, 0.15) is 18.4 Å². The first-order valence-corrected chi connectivity index (χ1v) is 7.62. The normalized spacial score (nSPS) is 13.9. The third-order valence-electron chi connectivity index (χ3n) is 3.78. The third kappa shape index (κ3) is 4.58. The van der Waals surface area contributed by atoms with E-state index in [4.69, 9.17) is 4.74 Å². The van der Waals surface area contributed by atoms with Crippen LogP contribution >= 0.6 is 0 Å². The number of rotatable bonds is 5. The number of hydrogen-bond donors (Lipinski definition) is 1. The second-order valence-corrected chi connectivity index (χ2v) is 5.26. The molecule has 1 heterocycles. The van der Waals surface area contributed by atoms with Gasteiger partial charge in [-0.15, -0.1) is 0 Å². The quantitative estimate of drug-likeness (QED) is 0.503. The summed E-state index contributed by atoms with van der Waals surface area (Å²) < 4.78 is 9.94. The van der Waals surface area contributed by atoms with Gasteiger partial charge in [-0.2, -0.15) is 0 Å². The Morgan fingerprint density at radius 1 is 1.21 bits per heavy atom. The molecule has 0 saturated carbocycles. The highest BCUT2D eigenvalue weighted by Crippen LogP contribution is 2.20. The molecule has 1 aromatic carbocycles. The second-order valence-electron chi connectivity index (χ2n) is 5.26. The highest BCUT2D eigenvalue weighted by molar-refractivity contribution is 5.91. The molecule has 7 heteroatoms. The van der Waals surface area contributed by atoms with Crippen molar-refractivity contribution < 1.29 is 23.9 Å². The molecule has 0 bridgehead atoms. The van der Waals surface area contributed by atoms with Crippen molar-refractivity contribution >= 4 is 18.5 Å². The zero-order valence-electron chi connectivity index (χ0n) is 13.5. The predicted molar refractivity (Wildman–Crippen MR) is 85.7 cm³/mol. The standard InChI is InChI=1S/C17H20N2O5/c1-23-16(21)15(18-12-20)14-7-9-19(10-8-14)17(22)24-11-13-5-3-2-4-6-13/h2-6,12H,7-11H2,1H3,(H,18,20). The van der Waals surface area contributed by atoms with Crippen LogP contribution < -0.4 is 5.32 Å². The number of hydrogen-bond acceptors (Lipinski definition) is 5. The first-order chi connectivity index (χ1) is 11.7. The lowest BCUT2D eigenvalue weighted by Crippen LogP contribution is -2.38. The molecule has 0 unspecified atom stereocenters. The van der Waals surface area contributed by atoms with Gasteiger partial charge in [-0.05, 0) is 24.0 Å². The molecule has 0 aromatic heterocycles. The van der Waals surface area contributed by atoms with E-state index in [1.54, 1.807) is 4.90 Å². The summed E-state index contributed by atoms with van der Waals surface area (Å²) in [6, 6.07) is 9.44. The lowest BCUT2D eigenvalue weighted by atomic mass is 10.0. The Morgan fingerprint density at radius 3 is 2.46 bits per heavy atom. The smallest absolute Gasteiger partial charge is 0.410 e. The first kappa shape index (κ1) is 17.5. The fourth-order valence-corrected chi connectivity index (χ4v) is 2.49. The Kier molecular flexibility index (Phi) is 6.36. The van der Waals surface area contributed by atoms with E-state index in [1.165, 1.54) is 7.11 Å². The molecule has 128 valence electrons. The maximum atomic E-state index is 12.1. The van der Waals surface area contributed by atoms with Gasteiger partial charge in [0.05, 0.1) is 7.11 Å². The minimum atomic E-state index is -0.586. The number of esters is 1. The lowest BCUT2D eigenvalue weighted by Gasteiger charge is -2.28. The van der Waals surface area contributed by atoms with E-state index in [9.17, 15) is 14.4 Å². The summed E-state index contributed by atoms with van der Waals surface area (Å²) in [5.41, 5.74) is 1.84.